The lowest BCUT2D eigenvalue weighted by Crippen LogP contribution is -2.47. The molecule has 0 aliphatic carbocycles. The van der Waals surface area contributed by atoms with Crippen molar-refractivity contribution >= 4 is 23.1 Å². The fraction of sp³-hybridized carbons (Fsp3) is 0.286. The van der Waals surface area contributed by atoms with Crippen LogP contribution in [0.25, 0.3) is 0 Å². The Kier molecular flexibility index (Phi) is 4.43. The van der Waals surface area contributed by atoms with Gasteiger partial charge in [0.05, 0.1) is 5.69 Å². The predicted molar refractivity (Wildman–Crippen MR) is 105 cm³/mol. The van der Waals surface area contributed by atoms with Gasteiger partial charge >= 0.3 is 0 Å². The second-order valence-corrected chi connectivity index (χ2v) is 7.47. The number of aryl methyl sites for hydroxylation is 1. The van der Waals surface area contributed by atoms with E-state index in [4.69, 9.17) is 11.6 Å². The van der Waals surface area contributed by atoms with Crippen molar-refractivity contribution in [2.75, 3.05) is 4.90 Å². The van der Waals surface area contributed by atoms with Gasteiger partial charge in [0.25, 0.3) is 5.92 Å². The Morgan fingerprint density at radius 3 is 2.50 bits per heavy atom. The molecule has 3 rings (SSSR count). The third-order valence-electron chi connectivity index (χ3n) is 4.96. The average molecular weight is 375 g/mol. The Labute approximate surface area is 157 Å². The van der Waals surface area contributed by atoms with Gasteiger partial charge in [0.2, 0.25) is 0 Å². The van der Waals surface area contributed by atoms with Crippen LogP contribution in [0.3, 0.4) is 0 Å². The van der Waals surface area contributed by atoms with Crippen molar-refractivity contribution < 1.29 is 8.78 Å². The molecule has 0 amide bonds. The number of rotatable bonds is 2. The molecule has 2 aromatic rings. The first-order valence-corrected chi connectivity index (χ1v) is 8.74. The predicted octanol–water partition coefficient (Wildman–Crippen LogP) is 6.24. The van der Waals surface area contributed by atoms with Gasteiger partial charge in [-0.2, -0.15) is 8.78 Å². The molecule has 0 N–H and O–H groups in total. The number of fused-ring (bicyclic) bond motifs is 1. The zero-order valence-corrected chi connectivity index (χ0v) is 16.0. The molecule has 1 aliphatic rings. The van der Waals surface area contributed by atoms with Gasteiger partial charge < -0.3 is 4.90 Å². The molecular formula is C21H21ClF2N2. The van der Waals surface area contributed by atoms with Crippen LogP contribution in [0.15, 0.2) is 54.2 Å². The first-order valence-electron chi connectivity index (χ1n) is 8.36. The number of nitrogens with zero attached hydrogens (tertiary/aromatic N) is 2. The Morgan fingerprint density at radius 2 is 1.85 bits per heavy atom. The van der Waals surface area contributed by atoms with Crippen LogP contribution in [0.1, 0.15) is 36.1 Å². The molecule has 26 heavy (non-hydrogen) atoms. The highest BCUT2D eigenvalue weighted by Gasteiger charge is 2.53. The summed E-state index contributed by atoms with van der Waals surface area (Å²) in [6.45, 7) is 10.8. The van der Waals surface area contributed by atoms with Gasteiger partial charge in [0.1, 0.15) is 11.4 Å². The molecule has 1 aliphatic heterocycles. The van der Waals surface area contributed by atoms with Crippen molar-refractivity contribution in [1.29, 1.82) is 0 Å². The molecule has 0 saturated heterocycles. The van der Waals surface area contributed by atoms with Crippen LogP contribution in [0.2, 0.25) is 5.02 Å². The van der Waals surface area contributed by atoms with Gasteiger partial charge in [0, 0.05) is 22.3 Å². The summed E-state index contributed by atoms with van der Waals surface area (Å²) < 4.78 is 30.1. The Hall–Kier alpha value is -2.20. The summed E-state index contributed by atoms with van der Waals surface area (Å²) in [5.74, 6) is -2.69. The minimum Gasteiger partial charge on any atom is -0.302 e. The minimum absolute atomic E-state index is 0.114. The zero-order chi connectivity index (χ0) is 19.3. The lowest BCUT2D eigenvalue weighted by molar-refractivity contribution is -0.0683. The summed E-state index contributed by atoms with van der Waals surface area (Å²) in [7, 11) is 0. The van der Waals surface area contributed by atoms with Gasteiger partial charge in [-0.25, -0.2) is 0 Å². The Morgan fingerprint density at radius 1 is 1.15 bits per heavy atom. The van der Waals surface area contributed by atoms with E-state index in [0.29, 0.717) is 11.4 Å². The normalized spacial score (nSPS) is 17.3. The van der Waals surface area contributed by atoms with Gasteiger partial charge in [-0.3, -0.25) is 4.99 Å². The van der Waals surface area contributed by atoms with E-state index in [1.54, 1.807) is 23.2 Å². The zero-order valence-electron chi connectivity index (χ0n) is 15.3. The molecule has 0 fully saturated rings. The number of hydrogen-bond acceptors (Lipinski definition) is 2. The van der Waals surface area contributed by atoms with E-state index in [9.17, 15) is 0 Å². The molecule has 0 saturated carbocycles. The quantitative estimate of drug-likeness (QED) is 0.607. The van der Waals surface area contributed by atoms with E-state index in [0.717, 1.165) is 16.8 Å². The highest BCUT2D eigenvalue weighted by molar-refractivity contribution is 6.31. The molecule has 0 spiro atoms. The molecule has 5 heteroatoms. The summed E-state index contributed by atoms with van der Waals surface area (Å²) in [6.07, 6.45) is 1.61. The molecular weight excluding hydrogens is 354 g/mol. The van der Waals surface area contributed by atoms with E-state index in [-0.39, 0.29) is 10.6 Å². The van der Waals surface area contributed by atoms with Crippen LogP contribution in [-0.4, -0.2) is 11.4 Å². The maximum Gasteiger partial charge on any atom is 0.298 e. The summed E-state index contributed by atoms with van der Waals surface area (Å²) >= 11 is 6.01. The van der Waals surface area contributed by atoms with Crippen LogP contribution >= 0.6 is 11.6 Å². The van der Waals surface area contributed by atoms with Crippen LogP contribution in [0.5, 0.6) is 0 Å². The van der Waals surface area contributed by atoms with Crippen molar-refractivity contribution in [2.24, 2.45) is 4.99 Å². The standard InChI is InChI=1S/C21H21ClF2N2/c1-6-26(18-9-7-8-13(2)14(18)3)19-16-11-10-15(22)12-17(16)21(23,24)20(4,5)25-19/h6-12H,1H2,2-5H3. The van der Waals surface area contributed by atoms with Crippen molar-refractivity contribution in [2.45, 2.75) is 39.2 Å². The summed E-state index contributed by atoms with van der Waals surface area (Å²) in [6, 6.07) is 10.4. The number of amidine groups is 1. The monoisotopic (exact) mass is 374 g/mol. The molecule has 1 heterocycles. The van der Waals surface area contributed by atoms with Crippen LogP contribution in [0, 0.1) is 13.8 Å². The lowest BCUT2D eigenvalue weighted by Gasteiger charge is -2.39. The van der Waals surface area contributed by atoms with Gasteiger partial charge in [-0.1, -0.05) is 30.3 Å². The fourth-order valence-corrected chi connectivity index (χ4v) is 3.35. The Balaban J connectivity index is 2.28. The van der Waals surface area contributed by atoms with Crippen molar-refractivity contribution in [3.05, 3.63) is 76.5 Å². The fourth-order valence-electron chi connectivity index (χ4n) is 3.18. The second kappa shape index (κ2) is 6.20. The molecule has 0 bridgehead atoms. The number of alkyl halides is 2. The summed E-state index contributed by atoms with van der Waals surface area (Å²) in [5, 5.41) is 0.275. The third-order valence-corrected chi connectivity index (χ3v) is 5.20. The number of anilines is 1. The first kappa shape index (κ1) is 18.6. The van der Waals surface area contributed by atoms with Gasteiger partial charge in [-0.15, -0.1) is 0 Å². The number of aliphatic imine (C=N–C) groups is 1. The maximum absolute atomic E-state index is 15.0. The van der Waals surface area contributed by atoms with Crippen LogP contribution in [0.4, 0.5) is 14.5 Å². The van der Waals surface area contributed by atoms with E-state index >= 15 is 8.78 Å². The molecule has 0 radical (unpaired) electrons. The number of hydrogen-bond donors (Lipinski definition) is 0. The van der Waals surface area contributed by atoms with E-state index in [1.807, 2.05) is 32.0 Å². The first-order chi connectivity index (χ1) is 12.1. The van der Waals surface area contributed by atoms with Crippen LogP contribution < -0.4 is 4.90 Å². The minimum atomic E-state index is -3.13. The molecule has 0 unspecified atom stereocenters. The lowest BCUT2D eigenvalue weighted by atomic mass is 9.84. The SMILES string of the molecule is C=CN(C1=NC(C)(C)C(F)(F)c2cc(Cl)ccc21)c1cccc(C)c1C. The summed E-state index contributed by atoms with van der Waals surface area (Å²) in [4.78, 5) is 6.20. The molecule has 2 nitrogen and oxygen atoms in total. The van der Waals surface area contributed by atoms with Crippen LogP contribution in [-0.2, 0) is 5.92 Å². The molecule has 2 aromatic carbocycles. The second-order valence-electron chi connectivity index (χ2n) is 7.03. The molecule has 0 aromatic heterocycles. The van der Waals surface area contributed by atoms with E-state index in [1.165, 1.54) is 19.9 Å². The van der Waals surface area contributed by atoms with Crippen molar-refractivity contribution in [3.8, 4) is 0 Å². The summed E-state index contributed by atoms with van der Waals surface area (Å²) in [5.41, 5.74) is 1.64. The smallest absolute Gasteiger partial charge is 0.298 e. The van der Waals surface area contributed by atoms with Crippen molar-refractivity contribution in [1.82, 2.24) is 0 Å². The highest BCUT2D eigenvalue weighted by Crippen LogP contribution is 2.47. The third kappa shape index (κ3) is 2.73. The Bertz CT molecular complexity index is 916. The van der Waals surface area contributed by atoms with E-state index < -0.39 is 11.5 Å². The largest absolute Gasteiger partial charge is 0.302 e. The topological polar surface area (TPSA) is 15.6 Å². The van der Waals surface area contributed by atoms with E-state index in [2.05, 4.69) is 11.6 Å². The molecule has 0 atom stereocenters. The highest BCUT2D eigenvalue weighted by atomic mass is 35.5. The van der Waals surface area contributed by atoms with Gasteiger partial charge in [0.15, 0.2) is 0 Å². The van der Waals surface area contributed by atoms with Gasteiger partial charge in [-0.05, 0) is 63.1 Å². The molecule has 136 valence electrons. The maximum atomic E-state index is 15.0. The number of benzene rings is 2. The number of halogens is 3. The van der Waals surface area contributed by atoms with Crippen molar-refractivity contribution in [3.63, 3.8) is 0 Å². The average Bonchev–Trinajstić information content (AvgIpc) is 2.57.